The van der Waals surface area contributed by atoms with Crippen LogP contribution < -0.4 is 5.56 Å². The number of ether oxygens (including phenoxy) is 1. The van der Waals surface area contributed by atoms with Crippen molar-refractivity contribution in [2.24, 2.45) is 7.05 Å². The van der Waals surface area contributed by atoms with Crippen LogP contribution in [0.4, 0.5) is 0 Å². The van der Waals surface area contributed by atoms with Crippen LogP contribution in [-0.4, -0.2) is 27.5 Å². The highest BCUT2D eigenvalue weighted by molar-refractivity contribution is 7.13. The molecule has 6 nitrogen and oxygen atoms in total. The Bertz CT molecular complexity index is 843. The molecule has 0 aliphatic carbocycles. The predicted molar refractivity (Wildman–Crippen MR) is 87.8 cm³/mol. The minimum atomic E-state index is -0.225. The molecule has 122 valence electrons. The molecule has 0 atom stereocenters. The summed E-state index contributed by atoms with van der Waals surface area (Å²) in [6, 6.07) is 0. The molecule has 1 aliphatic heterocycles. The van der Waals surface area contributed by atoms with Gasteiger partial charge in [0.05, 0.1) is 19.3 Å². The van der Waals surface area contributed by atoms with Crippen molar-refractivity contribution in [1.82, 2.24) is 14.5 Å². The van der Waals surface area contributed by atoms with E-state index in [-0.39, 0.29) is 16.5 Å². The molecule has 3 rings (SSSR count). The molecular formula is C15H16ClN3O3S. The van der Waals surface area contributed by atoms with Gasteiger partial charge in [-0.2, -0.15) is 0 Å². The Morgan fingerprint density at radius 2 is 2.22 bits per heavy atom. The van der Waals surface area contributed by atoms with Crippen LogP contribution in [0.1, 0.15) is 31.5 Å². The number of carbonyl (C=O) groups excluding carboxylic acids is 1. The number of halogens is 1. The fraction of sp³-hybridized carbons (Fsp3) is 0.400. The van der Waals surface area contributed by atoms with Gasteiger partial charge in [0.25, 0.3) is 11.5 Å². The smallest absolute Gasteiger partial charge is 0.269 e. The van der Waals surface area contributed by atoms with Crippen molar-refractivity contribution in [3.05, 3.63) is 48.3 Å². The standard InChI is InChI=1S/C15H16ClN3O3S/c1-8-9-5-19(6-10(9)18(2)15(21)13(8)16)14(20)11-4-17-12(23-11)7-22-3/h4H,5-7H2,1-3H3. The molecule has 2 aromatic heterocycles. The second-order valence-electron chi connectivity index (χ2n) is 5.44. The van der Waals surface area contributed by atoms with E-state index >= 15 is 0 Å². The lowest BCUT2D eigenvalue weighted by Gasteiger charge is -2.13. The summed E-state index contributed by atoms with van der Waals surface area (Å²) in [7, 11) is 3.27. The quantitative estimate of drug-likeness (QED) is 0.847. The zero-order valence-electron chi connectivity index (χ0n) is 13.1. The molecule has 0 spiro atoms. The Balaban J connectivity index is 1.89. The Hall–Kier alpha value is -1.70. The van der Waals surface area contributed by atoms with Gasteiger partial charge in [-0.25, -0.2) is 4.98 Å². The van der Waals surface area contributed by atoms with Crippen LogP contribution in [0.5, 0.6) is 0 Å². The minimum absolute atomic E-state index is 0.0935. The number of fused-ring (bicyclic) bond motifs is 1. The first kappa shape index (κ1) is 16.2. The molecule has 3 heterocycles. The Kier molecular flexibility index (Phi) is 4.27. The van der Waals surface area contributed by atoms with Gasteiger partial charge in [0, 0.05) is 26.4 Å². The minimum Gasteiger partial charge on any atom is -0.378 e. The molecule has 0 unspecified atom stereocenters. The van der Waals surface area contributed by atoms with E-state index in [2.05, 4.69) is 4.98 Å². The normalized spacial score (nSPS) is 13.5. The van der Waals surface area contributed by atoms with Gasteiger partial charge in [-0.15, -0.1) is 11.3 Å². The fourth-order valence-electron chi connectivity index (χ4n) is 2.72. The van der Waals surface area contributed by atoms with Gasteiger partial charge in [-0.1, -0.05) is 11.6 Å². The van der Waals surface area contributed by atoms with Crippen LogP contribution in [0.3, 0.4) is 0 Å². The largest absolute Gasteiger partial charge is 0.378 e. The summed E-state index contributed by atoms with van der Waals surface area (Å²) in [6.07, 6.45) is 1.57. The van der Waals surface area contributed by atoms with Gasteiger partial charge in [0.2, 0.25) is 0 Å². The SMILES string of the molecule is COCc1ncc(C(=O)N2Cc3c(C)c(Cl)c(=O)n(C)c3C2)s1. The Morgan fingerprint density at radius 1 is 1.48 bits per heavy atom. The number of thiazole rings is 1. The molecule has 8 heteroatoms. The number of nitrogens with zero attached hydrogens (tertiary/aromatic N) is 3. The van der Waals surface area contributed by atoms with Crippen LogP contribution in [-0.2, 0) is 31.5 Å². The summed E-state index contributed by atoms with van der Waals surface area (Å²) >= 11 is 7.41. The second-order valence-corrected chi connectivity index (χ2v) is 6.93. The van der Waals surface area contributed by atoms with E-state index in [4.69, 9.17) is 16.3 Å². The van der Waals surface area contributed by atoms with E-state index in [9.17, 15) is 9.59 Å². The number of hydrogen-bond donors (Lipinski definition) is 0. The van der Waals surface area contributed by atoms with E-state index in [1.54, 1.807) is 25.3 Å². The van der Waals surface area contributed by atoms with E-state index in [1.807, 2.05) is 6.92 Å². The number of aromatic nitrogens is 2. The van der Waals surface area contributed by atoms with Crippen LogP contribution in [0.25, 0.3) is 0 Å². The van der Waals surface area contributed by atoms with Gasteiger partial charge in [-0.3, -0.25) is 9.59 Å². The number of carbonyl (C=O) groups is 1. The van der Waals surface area contributed by atoms with Crippen molar-refractivity contribution in [1.29, 1.82) is 0 Å². The van der Waals surface area contributed by atoms with Crippen LogP contribution in [0.15, 0.2) is 11.0 Å². The highest BCUT2D eigenvalue weighted by Gasteiger charge is 2.30. The molecule has 0 fully saturated rings. The van der Waals surface area contributed by atoms with Crippen molar-refractivity contribution in [2.75, 3.05) is 7.11 Å². The van der Waals surface area contributed by atoms with E-state index in [0.29, 0.717) is 24.6 Å². The molecule has 1 amide bonds. The van der Waals surface area contributed by atoms with Crippen LogP contribution in [0, 0.1) is 6.92 Å². The maximum absolute atomic E-state index is 12.7. The third kappa shape index (κ3) is 2.69. The monoisotopic (exact) mass is 353 g/mol. The summed E-state index contributed by atoms with van der Waals surface area (Å²) in [6.45, 7) is 3.06. The lowest BCUT2D eigenvalue weighted by Crippen LogP contribution is -2.26. The summed E-state index contributed by atoms with van der Waals surface area (Å²) in [5, 5.41) is 0.986. The average Bonchev–Trinajstić information content (AvgIpc) is 3.18. The van der Waals surface area contributed by atoms with Crippen molar-refractivity contribution < 1.29 is 9.53 Å². The van der Waals surface area contributed by atoms with Crippen molar-refractivity contribution >= 4 is 28.8 Å². The maximum Gasteiger partial charge on any atom is 0.269 e. The molecule has 0 radical (unpaired) electrons. The Morgan fingerprint density at radius 3 is 2.91 bits per heavy atom. The number of pyridine rings is 1. The van der Waals surface area contributed by atoms with Gasteiger partial charge in [0.15, 0.2) is 0 Å². The predicted octanol–water partition coefficient (Wildman–Crippen LogP) is 2.11. The van der Waals surface area contributed by atoms with Gasteiger partial charge in [0.1, 0.15) is 14.9 Å². The van der Waals surface area contributed by atoms with Gasteiger partial charge >= 0.3 is 0 Å². The summed E-state index contributed by atoms with van der Waals surface area (Å²) in [4.78, 5) is 31.2. The Labute approximate surface area is 142 Å². The fourth-order valence-corrected chi connectivity index (χ4v) is 3.82. The molecule has 0 N–H and O–H groups in total. The van der Waals surface area contributed by atoms with E-state index in [0.717, 1.165) is 21.8 Å². The topological polar surface area (TPSA) is 64.4 Å². The molecule has 1 aliphatic rings. The first-order valence-electron chi connectivity index (χ1n) is 7.03. The third-order valence-corrected chi connectivity index (χ3v) is 5.44. The van der Waals surface area contributed by atoms with E-state index < -0.39 is 0 Å². The van der Waals surface area contributed by atoms with Gasteiger partial charge in [-0.05, 0) is 18.1 Å². The van der Waals surface area contributed by atoms with Crippen molar-refractivity contribution in [3.63, 3.8) is 0 Å². The highest BCUT2D eigenvalue weighted by atomic mass is 35.5. The third-order valence-electron chi connectivity index (χ3n) is 4.04. The molecule has 23 heavy (non-hydrogen) atoms. The van der Waals surface area contributed by atoms with Crippen LogP contribution >= 0.6 is 22.9 Å². The highest BCUT2D eigenvalue weighted by Crippen LogP contribution is 2.29. The average molecular weight is 354 g/mol. The zero-order chi connectivity index (χ0) is 16.7. The van der Waals surface area contributed by atoms with Crippen molar-refractivity contribution in [3.8, 4) is 0 Å². The molecule has 2 aromatic rings. The van der Waals surface area contributed by atoms with E-state index in [1.165, 1.54) is 15.9 Å². The first-order valence-corrected chi connectivity index (χ1v) is 8.23. The number of amides is 1. The summed E-state index contributed by atoms with van der Waals surface area (Å²) < 4.78 is 6.55. The molecule has 0 saturated heterocycles. The molecule has 0 aromatic carbocycles. The number of rotatable bonds is 3. The molecular weight excluding hydrogens is 338 g/mol. The number of hydrogen-bond acceptors (Lipinski definition) is 5. The number of methoxy groups -OCH3 is 1. The van der Waals surface area contributed by atoms with Crippen molar-refractivity contribution in [2.45, 2.75) is 26.6 Å². The lowest BCUT2D eigenvalue weighted by molar-refractivity contribution is 0.0754. The second kappa shape index (κ2) is 6.07. The lowest BCUT2D eigenvalue weighted by atomic mass is 10.1. The zero-order valence-corrected chi connectivity index (χ0v) is 14.6. The summed E-state index contributed by atoms with van der Waals surface area (Å²) in [5.74, 6) is -0.0935. The first-order chi connectivity index (χ1) is 10.9. The van der Waals surface area contributed by atoms with Crippen LogP contribution in [0.2, 0.25) is 5.02 Å². The van der Waals surface area contributed by atoms with Gasteiger partial charge < -0.3 is 14.2 Å². The molecule has 0 saturated carbocycles. The maximum atomic E-state index is 12.7. The molecule has 0 bridgehead atoms. The summed E-state index contributed by atoms with van der Waals surface area (Å²) in [5.41, 5.74) is 2.32.